The minimum absolute atomic E-state index is 0.292. The van der Waals surface area contributed by atoms with Crippen molar-refractivity contribution in [3.8, 4) is 0 Å². The summed E-state index contributed by atoms with van der Waals surface area (Å²) in [5.41, 5.74) is 2.02. The third-order valence-corrected chi connectivity index (χ3v) is 8.57. The van der Waals surface area contributed by atoms with Crippen LogP contribution in [0.5, 0.6) is 0 Å². The van der Waals surface area contributed by atoms with Crippen molar-refractivity contribution in [3.05, 3.63) is 35.5 Å². The Kier molecular flexibility index (Phi) is 7.35. The first-order valence-corrected chi connectivity index (χ1v) is 13.8. The van der Waals surface area contributed by atoms with Gasteiger partial charge in [0.1, 0.15) is 6.61 Å². The van der Waals surface area contributed by atoms with Gasteiger partial charge < -0.3 is 9.64 Å². The van der Waals surface area contributed by atoms with Crippen molar-refractivity contribution in [3.63, 3.8) is 0 Å². The maximum Gasteiger partial charge on any atom is 0.366 e. The molecule has 0 bridgehead atoms. The number of benzene rings is 1. The Balaban J connectivity index is 1.36. The fourth-order valence-electron chi connectivity index (χ4n) is 4.96. The summed E-state index contributed by atoms with van der Waals surface area (Å²) in [5.74, 6) is -0.453. The molecule has 1 spiro atoms. The second-order valence-corrected chi connectivity index (χ2v) is 12.8. The van der Waals surface area contributed by atoms with Crippen LogP contribution in [0, 0.1) is 17.8 Å². The largest absolute Gasteiger partial charge is 0.464 e. The van der Waals surface area contributed by atoms with Gasteiger partial charge in [0.25, 0.3) is 0 Å². The van der Waals surface area contributed by atoms with Gasteiger partial charge in [0.2, 0.25) is 0 Å². The summed E-state index contributed by atoms with van der Waals surface area (Å²) in [6, 6.07) is 5.68. The van der Waals surface area contributed by atoms with Crippen molar-refractivity contribution < 1.29 is 22.1 Å². The van der Waals surface area contributed by atoms with E-state index in [-0.39, 0.29) is 6.61 Å². The van der Waals surface area contributed by atoms with E-state index in [1.165, 1.54) is 23.2 Å². The Morgan fingerprint density at radius 1 is 1.20 bits per heavy atom. The fourth-order valence-corrected chi connectivity index (χ4v) is 6.18. The minimum atomic E-state index is -4.14. The van der Waals surface area contributed by atoms with Crippen LogP contribution in [0.4, 0.5) is 0 Å². The summed E-state index contributed by atoms with van der Waals surface area (Å²) in [4.78, 5) is 17.1. The van der Waals surface area contributed by atoms with Crippen molar-refractivity contribution in [1.82, 2.24) is 13.8 Å². The van der Waals surface area contributed by atoms with Crippen LogP contribution in [0.25, 0.3) is 10.9 Å². The lowest BCUT2D eigenvalue weighted by atomic mass is 9.63. The van der Waals surface area contributed by atoms with E-state index < -0.39 is 21.7 Å². The zero-order valence-electron chi connectivity index (χ0n) is 21.7. The highest BCUT2D eigenvalue weighted by molar-refractivity contribution is 7.85. The summed E-state index contributed by atoms with van der Waals surface area (Å²) in [7, 11) is -0.163. The third kappa shape index (κ3) is 5.74. The van der Waals surface area contributed by atoms with E-state index in [0.29, 0.717) is 30.5 Å². The predicted molar refractivity (Wildman–Crippen MR) is 137 cm³/mol. The molecule has 8 nitrogen and oxygen atoms in total. The van der Waals surface area contributed by atoms with Crippen molar-refractivity contribution in [2.45, 2.75) is 46.5 Å². The van der Waals surface area contributed by atoms with Gasteiger partial charge in [-0.15, -0.1) is 0 Å². The van der Waals surface area contributed by atoms with Crippen LogP contribution in [0.15, 0.2) is 24.4 Å². The molecule has 35 heavy (non-hydrogen) atoms. The molecule has 0 N–H and O–H groups in total. The smallest absolute Gasteiger partial charge is 0.366 e. The highest BCUT2D eigenvalue weighted by atomic mass is 32.2. The Morgan fingerprint density at radius 3 is 2.54 bits per heavy atom. The first kappa shape index (κ1) is 26.1. The molecule has 1 aliphatic carbocycles. The molecule has 0 radical (unpaired) electrons. The molecular weight excluding hydrogens is 466 g/mol. The average Bonchev–Trinajstić information content (AvgIpc) is 3.09. The van der Waals surface area contributed by atoms with E-state index >= 15 is 0 Å². The molecule has 194 valence electrons. The summed E-state index contributed by atoms with van der Waals surface area (Å²) in [5, 5.41) is 0.896. The molecular formula is C26H39N3O5S. The van der Waals surface area contributed by atoms with Crippen molar-refractivity contribution in [2.75, 3.05) is 53.5 Å². The van der Waals surface area contributed by atoms with E-state index in [9.17, 15) is 13.2 Å². The van der Waals surface area contributed by atoms with Gasteiger partial charge in [-0.1, -0.05) is 18.1 Å². The number of carbonyl (C=O) groups excluding carboxylic acids is 1. The van der Waals surface area contributed by atoms with Gasteiger partial charge in [0.15, 0.2) is 0 Å². The highest BCUT2D eigenvalue weighted by Gasteiger charge is 2.46. The van der Waals surface area contributed by atoms with E-state index in [2.05, 4.69) is 9.80 Å². The molecule has 4 rings (SSSR count). The molecule has 1 saturated heterocycles. The van der Waals surface area contributed by atoms with E-state index in [1.54, 1.807) is 26.1 Å². The van der Waals surface area contributed by atoms with Crippen LogP contribution in [0.3, 0.4) is 0 Å². The summed E-state index contributed by atoms with van der Waals surface area (Å²) < 4.78 is 38.4. The van der Waals surface area contributed by atoms with Gasteiger partial charge in [0, 0.05) is 37.8 Å². The van der Waals surface area contributed by atoms with Gasteiger partial charge in [-0.3, -0.25) is 13.9 Å². The molecule has 2 aliphatic rings. The van der Waals surface area contributed by atoms with Gasteiger partial charge in [-0.25, -0.2) is 3.97 Å². The number of hydrogen-bond acceptors (Lipinski definition) is 7. The SMILES string of the molecule is Cc1ccc2c(c1)c(CCN(C)C)cn2S(=O)(=O)OCC(C)(C)C(=O)OCCN1CC2(CCC2)C1. The molecule has 0 unspecified atom stereocenters. The highest BCUT2D eigenvalue weighted by Crippen LogP contribution is 2.47. The van der Waals surface area contributed by atoms with Gasteiger partial charge >= 0.3 is 16.3 Å². The van der Waals surface area contributed by atoms with Crippen molar-refractivity contribution >= 4 is 27.2 Å². The molecule has 2 aromatic rings. The Labute approximate surface area is 209 Å². The lowest BCUT2D eigenvalue weighted by Gasteiger charge is -2.56. The zero-order valence-corrected chi connectivity index (χ0v) is 22.5. The molecule has 1 saturated carbocycles. The number of likely N-dealkylation sites (tertiary alicyclic amines) is 1. The number of fused-ring (bicyclic) bond motifs is 1. The number of carbonyl (C=O) groups is 1. The summed E-state index contributed by atoms with van der Waals surface area (Å²) >= 11 is 0. The normalized spacial score (nSPS) is 18.1. The number of likely N-dealkylation sites (N-methyl/N-ethyl adjacent to an activating group) is 1. The topological polar surface area (TPSA) is 81.1 Å². The number of hydrogen-bond donors (Lipinski definition) is 0. The number of ether oxygens (including phenoxy) is 1. The van der Waals surface area contributed by atoms with Gasteiger partial charge in [0.05, 0.1) is 17.5 Å². The van der Waals surface area contributed by atoms with Crippen molar-refractivity contribution in [2.24, 2.45) is 10.8 Å². The monoisotopic (exact) mass is 505 g/mol. The molecule has 1 aromatic heterocycles. The fraction of sp³-hybridized carbons (Fsp3) is 0.654. The van der Waals surface area contributed by atoms with E-state index in [4.69, 9.17) is 8.92 Å². The predicted octanol–water partition coefficient (Wildman–Crippen LogP) is 3.22. The number of aromatic nitrogens is 1. The lowest BCUT2D eigenvalue weighted by Crippen LogP contribution is -2.60. The van der Waals surface area contributed by atoms with Crippen LogP contribution in [0.2, 0.25) is 0 Å². The van der Waals surface area contributed by atoms with Gasteiger partial charge in [-0.2, -0.15) is 8.42 Å². The number of nitrogens with zero attached hydrogens (tertiary/aromatic N) is 3. The lowest BCUT2D eigenvalue weighted by molar-refractivity contribution is -0.157. The second-order valence-electron chi connectivity index (χ2n) is 11.3. The Morgan fingerprint density at radius 2 is 1.91 bits per heavy atom. The number of esters is 1. The quantitative estimate of drug-likeness (QED) is 0.434. The standard InChI is InChI=1S/C26H39N3O5S/c1-20-7-8-23-22(15-20)21(9-12-27(4)5)16-29(23)35(31,32)34-19-25(2,3)24(30)33-14-13-28-17-26(18-28)10-6-11-26/h7-8,15-16H,6,9-14,17-19H2,1-5H3. The number of rotatable bonds is 11. The summed E-state index contributed by atoms with van der Waals surface area (Å²) in [6.07, 6.45) is 6.31. The number of aryl methyl sites for hydroxylation is 1. The van der Waals surface area contributed by atoms with Crippen LogP contribution < -0.4 is 0 Å². The minimum Gasteiger partial charge on any atom is -0.464 e. The third-order valence-electron chi connectivity index (χ3n) is 7.37. The van der Waals surface area contributed by atoms with Crippen LogP contribution in [-0.4, -0.2) is 81.6 Å². The Hall–Kier alpha value is -1.94. The maximum atomic E-state index is 13.2. The molecule has 9 heteroatoms. The first-order valence-electron chi connectivity index (χ1n) is 12.5. The molecule has 1 aliphatic heterocycles. The van der Waals surface area contributed by atoms with Crippen LogP contribution in [-0.2, 0) is 30.4 Å². The second kappa shape index (κ2) is 9.84. The van der Waals surface area contributed by atoms with E-state index in [1.807, 2.05) is 33.2 Å². The van der Waals surface area contributed by atoms with Gasteiger partial charge in [-0.05, 0) is 77.2 Å². The molecule has 1 aromatic carbocycles. The first-order chi connectivity index (χ1) is 16.4. The van der Waals surface area contributed by atoms with Crippen LogP contribution >= 0.6 is 0 Å². The zero-order chi connectivity index (χ0) is 25.4. The summed E-state index contributed by atoms with van der Waals surface area (Å²) in [6.45, 7) is 9.00. The molecule has 0 amide bonds. The average molecular weight is 506 g/mol. The molecule has 2 fully saturated rings. The van der Waals surface area contributed by atoms with Crippen molar-refractivity contribution in [1.29, 1.82) is 0 Å². The van der Waals surface area contributed by atoms with Crippen LogP contribution in [0.1, 0.15) is 44.2 Å². The van der Waals surface area contributed by atoms with E-state index in [0.717, 1.165) is 36.1 Å². The molecule has 0 atom stereocenters. The maximum absolute atomic E-state index is 13.2. The Bertz CT molecular complexity index is 1170. The molecule has 2 heterocycles.